The van der Waals surface area contributed by atoms with Crippen LogP contribution in [0.1, 0.15) is 21.5 Å². The molecule has 0 aliphatic heterocycles. The lowest BCUT2D eigenvalue weighted by molar-refractivity contribution is 0.0697. The van der Waals surface area contributed by atoms with Crippen molar-refractivity contribution >= 4 is 27.5 Å². The minimum absolute atomic E-state index is 0.134. The molecule has 0 amide bonds. The molecule has 132 valence electrons. The molecule has 1 aromatic heterocycles. The van der Waals surface area contributed by atoms with Crippen molar-refractivity contribution in [3.8, 4) is 5.88 Å². The Hall–Kier alpha value is -3.05. The molecule has 25 heavy (non-hydrogen) atoms. The van der Waals surface area contributed by atoms with Gasteiger partial charge in [-0.15, -0.1) is 10.2 Å². The molecule has 11 heteroatoms. The minimum Gasteiger partial charge on any atom is -0.494 e. The number of H-pyrrole nitrogens is 1. The molecular weight excluding hydrogens is 354 g/mol. The number of hydrogen-bond acceptors (Lipinski definition) is 7. The van der Waals surface area contributed by atoms with E-state index in [-0.39, 0.29) is 17.3 Å². The lowest BCUT2D eigenvalue weighted by Gasteiger charge is -2.05. The predicted octanol–water partition coefficient (Wildman–Crippen LogP) is 2.06. The minimum atomic E-state index is -4.58. The van der Waals surface area contributed by atoms with E-state index in [9.17, 15) is 23.1 Å². The Morgan fingerprint density at radius 3 is 2.36 bits per heavy atom. The smallest absolute Gasteiger partial charge is 0.338 e. The summed E-state index contributed by atoms with van der Waals surface area (Å²) in [6.45, 7) is 3.07. The van der Waals surface area contributed by atoms with Gasteiger partial charge in [-0.05, 0) is 37.6 Å². The largest absolute Gasteiger partial charge is 0.494 e. The van der Waals surface area contributed by atoms with Gasteiger partial charge in [-0.25, -0.2) is 4.79 Å². The summed E-state index contributed by atoms with van der Waals surface area (Å²) in [4.78, 5) is 24.7. The van der Waals surface area contributed by atoms with Gasteiger partial charge in [-0.2, -0.15) is 8.42 Å². The molecule has 0 bridgehead atoms. The molecule has 0 saturated heterocycles. The van der Waals surface area contributed by atoms with E-state index in [2.05, 4.69) is 15.2 Å². The van der Waals surface area contributed by atoms with Gasteiger partial charge < -0.3 is 10.2 Å². The molecule has 10 nitrogen and oxygen atoms in total. The molecule has 1 aromatic carbocycles. The fourth-order valence-electron chi connectivity index (χ4n) is 1.94. The second kappa shape index (κ2) is 6.45. The van der Waals surface area contributed by atoms with Gasteiger partial charge in [0.15, 0.2) is 11.6 Å². The summed E-state index contributed by atoms with van der Waals surface area (Å²) in [6, 6.07) is 2.72. The molecule has 0 aliphatic rings. The van der Waals surface area contributed by atoms with Crippen molar-refractivity contribution < 1.29 is 28.0 Å². The molecule has 4 N–H and O–H groups in total. The summed E-state index contributed by atoms with van der Waals surface area (Å²) >= 11 is 0. The lowest BCUT2D eigenvalue weighted by Crippen LogP contribution is -2.07. The first-order valence-corrected chi connectivity index (χ1v) is 8.15. The maximum absolute atomic E-state index is 11.8. The molecule has 2 aromatic rings. The van der Waals surface area contributed by atoms with Gasteiger partial charge in [0.25, 0.3) is 15.7 Å². The topological polar surface area (TPSA) is 169 Å². The Morgan fingerprint density at radius 2 is 1.80 bits per heavy atom. The average molecular weight is 367 g/mol. The highest BCUT2D eigenvalue weighted by Gasteiger charge is 2.17. The third kappa shape index (κ3) is 3.72. The number of aromatic amines is 1. The van der Waals surface area contributed by atoms with Crippen LogP contribution in [0.3, 0.4) is 0 Å². The van der Waals surface area contributed by atoms with Gasteiger partial charge in [0.1, 0.15) is 5.69 Å². The SMILES string of the molecule is Cc1c(O)[nH]c(=O)c(N=Nc2ccc(S(=O)(=O)O)cc2C(=O)O)c1C. The summed E-state index contributed by atoms with van der Waals surface area (Å²) in [7, 11) is -4.58. The predicted molar refractivity (Wildman–Crippen MR) is 85.6 cm³/mol. The van der Waals surface area contributed by atoms with Crippen LogP contribution in [-0.2, 0) is 10.1 Å². The lowest BCUT2D eigenvalue weighted by atomic mass is 10.1. The van der Waals surface area contributed by atoms with Crippen LogP contribution < -0.4 is 5.56 Å². The fraction of sp³-hybridized carbons (Fsp3) is 0.143. The molecular formula is C14H13N3O7S. The number of rotatable bonds is 4. The summed E-state index contributed by atoms with van der Waals surface area (Å²) < 4.78 is 31.2. The van der Waals surface area contributed by atoms with Crippen LogP contribution in [0, 0.1) is 13.8 Å². The van der Waals surface area contributed by atoms with Gasteiger partial charge in [0, 0.05) is 5.56 Å². The number of pyridine rings is 1. The van der Waals surface area contributed by atoms with Crippen LogP contribution in [0.25, 0.3) is 0 Å². The maximum Gasteiger partial charge on any atom is 0.338 e. The summed E-state index contributed by atoms with van der Waals surface area (Å²) in [5.74, 6) is -1.81. The molecule has 0 aliphatic carbocycles. The Labute approximate surface area is 141 Å². The van der Waals surface area contributed by atoms with Crippen molar-refractivity contribution in [2.24, 2.45) is 10.2 Å². The van der Waals surface area contributed by atoms with Gasteiger partial charge in [0.2, 0.25) is 0 Å². The monoisotopic (exact) mass is 367 g/mol. The van der Waals surface area contributed by atoms with Crippen LogP contribution in [-0.4, -0.2) is 34.1 Å². The second-order valence-corrected chi connectivity index (χ2v) is 6.48. The number of aromatic hydroxyl groups is 1. The van der Waals surface area contributed by atoms with Crippen LogP contribution in [0.4, 0.5) is 11.4 Å². The Bertz CT molecular complexity index is 1050. The normalized spacial score (nSPS) is 11.8. The van der Waals surface area contributed by atoms with Crippen molar-refractivity contribution in [1.29, 1.82) is 0 Å². The van der Waals surface area contributed by atoms with Crippen molar-refractivity contribution in [2.75, 3.05) is 0 Å². The first-order chi connectivity index (χ1) is 11.5. The van der Waals surface area contributed by atoms with E-state index in [1.54, 1.807) is 6.92 Å². The quantitative estimate of drug-likeness (QED) is 0.473. The number of aromatic carboxylic acids is 1. The molecule has 0 atom stereocenters. The molecule has 0 saturated carbocycles. The number of azo groups is 1. The zero-order chi connectivity index (χ0) is 18.9. The summed E-state index contributed by atoms with van der Waals surface area (Å²) in [5.41, 5.74) is -0.890. The molecule has 0 fully saturated rings. The number of nitrogens with one attached hydrogen (secondary N) is 1. The van der Waals surface area contributed by atoms with Gasteiger partial charge >= 0.3 is 5.97 Å². The first kappa shape index (κ1) is 18.3. The number of carboxylic acids is 1. The zero-order valence-electron chi connectivity index (χ0n) is 13.0. The van der Waals surface area contributed by atoms with Crippen molar-refractivity contribution in [3.05, 3.63) is 45.2 Å². The van der Waals surface area contributed by atoms with E-state index in [1.165, 1.54) is 6.92 Å². The van der Waals surface area contributed by atoms with E-state index < -0.39 is 32.1 Å². The molecule has 0 unspecified atom stereocenters. The molecule has 0 spiro atoms. The molecule has 0 radical (unpaired) electrons. The fourth-order valence-corrected chi connectivity index (χ4v) is 2.45. The highest BCUT2D eigenvalue weighted by molar-refractivity contribution is 7.85. The van der Waals surface area contributed by atoms with E-state index in [0.717, 1.165) is 18.2 Å². The van der Waals surface area contributed by atoms with E-state index >= 15 is 0 Å². The first-order valence-electron chi connectivity index (χ1n) is 6.71. The van der Waals surface area contributed by atoms with Crippen LogP contribution in [0.2, 0.25) is 0 Å². The highest BCUT2D eigenvalue weighted by atomic mass is 32.2. The Morgan fingerprint density at radius 1 is 1.16 bits per heavy atom. The number of benzene rings is 1. The van der Waals surface area contributed by atoms with E-state index in [0.29, 0.717) is 11.1 Å². The van der Waals surface area contributed by atoms with Crippen molar-refractivity contribution in [3.63, 3.8) is 0 Å². The van der Waals surface area contributed by atoms with Crippen molar-refractivity contribution in [1.82, 2.24) is 4.98 Å². The van der Waals surface area contributed by atoms with Crippen LogP contribution in [0.5, 0.6) is 5.88 Å². The van der Waals surface area contributed by atoms with E-state index in [1.807, 2.05) is 0 Å². The van der Waals surface area contributed by atoms with E-state index in [4.69, 9.17) is 9.66 Å². The maximum atomic E-state index is 11.8. The Balaban J connectivity index is 2.58. The third-order valence-corrected chi connectivity index (χ3v) is 4.32. The van der Waals surface area contributed by atoms with Gasteiger partial charge in [-0.3, -0.25) is 14.3 Å². The standard InChI is InChI=1S/C14H13N3O7S/c1-6-7(2)12(18)15-13(19)11(6)17-16-10-4-3-8(25(22,23)24)5-9(10)14(20)21/h3-5H,1-2H3,(H,20,21)(H2,15,18,19)(H,22,23,24). The number of carboxylic acid groups (broad SMARTS) is 1. The Kier molecular flexibility index (Phi) is 4.72. The van der Waals surface area contributed by atoms with Crippen LogP contribution >= 0.6 is 0 Å². The number of aromatic nitrogens is 1. The van der Waals surface area contributed by atoms with Crippen LogP contribution in [0.15, 0.2) is 38.1 Å². The average Bonchev–Trinajstić information content (AvgIpc) is 2.51. The second-order valence-electron chi connectivity index (χ2n) is 5.06. The summed E-state index contributed by atoms with van der Waals surface area (Å²) in [5, 5.41) is 26.1. The number of nitrogens with zero attached hydrogens (tertiary/aromatic N) is 2. The number of hydrogen-bond donors (Lipinski definition) is 4. The van der Waals surface area contributed by atoms with Gasteiger partial charge in [0.05, 0.1) is 10.5 Å². The zero-order valence-corrected chi connectivity index (χ0v) is 13.8. The summed E-state index contributed by atoms with van der Waals surface area (Å²) in [6.07, 6.45) is 0. The highest BCUT2D eigenvalue weighted by Crippen LogP contribution is 2.27. The van der Waals surface area contributed by atoms with Gasteiger partial charge in [-0.1, -0.05) is 0 Å². The molecule has 1 heterocycles. The molecule has 2 rings (SSSR count). The number of carbonyl (C=O) groups is 1. The van der Waals surface area contributed by atoms with Crippen molar-refractivity contribution in [2.45, 2.75) is 18.7 Å². The third-order valence-electron chi connectivity index (χ3n) is 3.47.